The van der Waals surface area contributed by atoms with Gasteiger partial charge in [-0.3, -0.25) is 14.6 Å². The minimum atomic E-state index is -0.698. The molecule has 0 saturated carbocycles. The van der Waals surface area contributed by atoms with Gasteiger partial charge in [0.25, 0.3) is 0 Å². The third kappa shape index (κ3) is 3.93. The highest BCUT2D eigenvalue weighted by Gasteiger charge is 2.16. The van der Waals surface area contributed by atoms with Crippen molar-refractivity contribution in [1.29, 1.82) is 5.26 Å². The predicted molar refractivity (Wildman–Crippen MR) is 112 cm³/mol. The number of nitrogens with two attached hydrogens (primary N) is 1. The van der Waals surface area contributed by atoms with Crippen LogP contribution in [-0.2, 0) is 4.79 Å². The second kappa shape index (κ2) is 8.00. The minimum Gasteiger partial charge on any atom is -0.366 e. The van der Waals surface area contributed by atoms with Crippen molar-refractivity contribution in [2.75, 3.05) is 0 Å². The van der Waals surface area contributed by atoms with Gasteiger partial charge in [-0.1, -0.05) is 6.07 Å². The van der Waals surface area contributed by atoms with Crippen LogP contribution in [0.25, 0.3) is 28.2 Å². The number of hydrogen-bond donors (Lipinski definition) is 2. The number of primary amides is 1. The molecule has 150 valence electrons. The molecule has 31 heavy (non-hydrogen) atoms. The Morgan fingerprint density at radius 1 is 1.10 bits per heavy atom. The minimum absolute atomic E-state index is 0.0481. The zero-order valence-corrected chi connectivity index (χ0v) is 16.0. The Hall–Kier alpha value is -4.64. The number of aromatic amines is 1. The second-order valence-electron chi connectivity index (χ2n) is 6.67. The quantitative estimate of drug-likeness (QED) is 0.385. The van der Waals surface area contributed by atoms with Crippen LogP contribution in [0.2, 0.25) is 0 Å². The number of rotatable bonds is 5. The van der Waals surface area contributed by atoms with E-state index in [9.17, 15) is 14.0 Å². The number of nitriles is 1. The van der Waals surface area contributed by atoms with Crippen LogP contribution in [0, 0.1) is 17.1 Å². The molecule has 0 bridgehead atoms. The van der Waals surface area contributed by atoms with Crippen molar-refractivity contribution in [1.82, 2.24) is 15.0 Å². The van der Waals surface area contributed by atoms with Crippen molar-refractivity contribution < 1.29 is 14.0 Å². The largest absolute Gasteiger partial charge is 0.366 e. The van der Waals surface area contributed by atoms with Crippen LogP contribution in [0.1, 0.15) is 27.2 Å². The van der Waals surface area contributed by atoms with Crippen molar-refractivity contribution in [3.05, 3.63) is 89.3 Å². The first-order valence-electron chi connectivity index (χ1n) is 9.11. The molecular weight excluding hydrogens is 397 g/mol. The molecule has 0 atom stereocenters. The van der Waals surface area contributed by atoms with E-state index in [4.69, 9.17) is 11.0 Å². The molecule has 3 aromatic heterocycles. The lowest BCUT2D eigenvalue weighted by atomic mass is 10.0. The number of fused-ring (bicyclic) bond motifs is 1. The molecule has 0 aliphatic heterocycles. The molecule has 4 aromatic rings. The monoisotopic (exact) mass is 411 g/mol. The van der Waals surface area contributed by atoms with Gasteiger partial charge in [0, 0.05) is 41.2 Å². The molecule has 1 aromatic carbocycles. The maximum absolute atomic E-state index is 14.8. The second-order valence-corrected chi connectivity index (χ2v) is 6.67. The molecule has 0 spiro atoms. The molecule has 0 radical (unpaired) electrons. The van der Waals surface area contributed by atoms with E-state index in [0.717, 1.165) is 5.39 Å². The number of carbonyl (C=O) groups is 2. The van der Waals surface area contributed by atoms with Crippen molar-refractivity contribution in [2.45, 2.75) is 0 Å². The maximum Gasteiger partial charge on any atom is 0.241 e. The summed E-state index contributed by atoms with van der Waals surface area (Å²) in [5.41, 5.74) is 7.86. The summed E-state index contributed by atoms with van der Waals surface area (Å²) in [6, 6.07) is 10.8. The Morgan fingerprint density at radius 2 is 1.94 bits per heavy atom. The van der Waals surface area contributed by atoms with Gasteiger partial charge in [0.05, 0.1) is 11.1 Å². The Labute approximate surface area is 175 Å². The lowest BCUT2D eigenvalue weighted by molar-refractivity contribution is -0.113. The molecular formula is C23H14FN5O2. The first kappa shape index (κ1) is 19.7. The van der Waals surface area contributed by atoms with E-state index in [0.29, 0.717) is 27.9 Å². The summed E-state index contributed by atoms with van der Waals surface area (Å²) < 4.78 is 14.8. The highest BCUT2D eigenvalue weighted by molar-refractivity contribution is 6.08. The summed E-state index contributed by atoms with van der Waals surface area (Å²) in [4.78, 5) is 34.8. The fourth-order valence-corrected chi connectivity index (χ4v) is 3.10. The van der Waals surface area contributed by atoms with Crippen LogP contribution < -0.4 is 5.73 Å². The number of carbonyl (C=O) groups excluding carboxylic acids is 2. The Kier molecular flexibility index (Phi) is 5.08. The SMILES string of the molecule is N#Cc1ccc(C(=O)c2ccc(-c3cnc4[nH]cc(/C=C/C(N)=O)c4c3)cc2F)nc1. The molecule has 8 heteroatoms. The zero-order chi connectivity index (χ0) is 22.0. The van der Waals surface area contributed by atoms with Crippen LogP contribution in [0.15, 0.2) is 61.1 Å². The third-order valence-electron chi connectivity index (χ3n) is 4.66. The summed E-state index contributed by atoms with van der Waals surface area (Å²) >= 11 is 0. The number of aromatic nitrogens is 3. The van der Waals surface area contributed by atoms with E-state index in [2.05, 4.69) is 15.0 Å². The van der Waals surface area contributed by atoms with Gasteiger partial charge < -0.3 is 10.7 Å². The fraction of sp³-hybridized carbons (Fsp3) is 0. The highest BCUT2D eigenvalue weighted by atomic mass is 19.1. The summed E-state index contributed by atoms with van der Waals surface area (Å²) in [5, 5.41) is 9.56. The molecule has 0 unspecified atom stereocenters. The van der Waals surface area contributed by atoms with E-state index < -0.39 is 17.5 Å². The van der Waals surface area contributed by atoms with E-state index in [1.807, 2.05) is 6.07 Å². The van der Waals surface area contributed by atoms with Crippen LogP contribution in [0.3, 0.4) is 0 Å². The first-order valence-corrected chi connectivity index (χ1v) is 9.11. The molecule has 0 fully saturated rings. The number of ketones is 1. The Bertz CT molecular complexity index is 1400. The van der Waals surface area contributed by atoms with E-state index in [1.54, 1.807) is 30.6 Å². The predicted octanol–water partition coefficient (Wildman–Crippen LogP) is 3.37. The molecule has 0 aliphatic rings. The molecule has 4 rings (SSSR count). The van der Waals surface area contributed by atoms with Gasteiger partial charge >= 0.3 is 0 Å². The van der Waals surface area contributed by atoms with Gasteiger partial charge in [0.1, 0.15) is 23.2 Å². The molecule has 7 nitrogen and oxygen atoms in total. The summed E-state index contributed by atoms with van der Waals surface area (Å²) in [6.45, 7) is 0. The fourth-order valence-electron chi connectivity index (χ4n) is 3.10. The van der Waals surface area contributed by atoms with Crippen LogP contribution in [0.5, 0.6) is 0 Å². The number of hydrogen-bond acceptors (Lipinski definition) is 5. The zero-order valence-electron chi connectivity index (χ0n) is 16.0. The standard InChI is InChI=1S/C23H14FN5O2/c24-19-8-14(2-4-17(19)22(31)20-5-1-13(9-25)10-27-20)16-7-18-15(3-6-21(26)30)11-28-23(18)29-12-16/h1-8,10-12H,(H2,26,30)(H,28,29)/b6-3+. The number of nitrogens with zero attached hydrogens (tertiary/aromatic N) is 3. The molecule has 1 amide bonds. The number of pyridine rings is 2. The van der Waals surface area contributed by atoms with E-state index >= 15 is 0 Å². The van der Waals surface area contributed by atoms with Gasteiger partial charge in [0.2, 0.25) is 11.7 Å². The van der Waals surface area contributed by atoms with Gasteiger partial charge in [-0.2, -0.15) is 5.26 Å². The Balaban J connectivity index is 1.68. The highest BCUT2D eigenvalue weighted by Crippen LogP contribution is 2.27. The molecule has 3 N–H and O–H groups in total. The topological polar surface area (TPSA) is 126 Å². The van der Waals surface area contributed by atoms with Crippen molar-refractivity contribution in [2.24, 2.45) is 5.73 Å². The molecule has 0 saturated heterocycles. The summed E-state index contributed by atoms with van der Waals surface area (Å²) in [5.74, 6) is -1.85. The molecule has 0 aliphatic carbocycles. The maximum atomic E-state index is 14.8. The summed E-state index contributed by atoms with van der Waals surface area (Å²) in [6.07, 6.45) is 7.35. The number of benzene rings is 1. The van der Waals surface area contributed by atoms with Crippen molar-refractivity contribution in [3.8, 4) is 17.2 Å². The lowest BCUT2D eigenvalue weighted by Crippen LogP contribution is -2.06. The summed E-state index contributed by atoms with van der Waals surface area (Å²) in [7, 11) is 0. The number of amides is 1. The average molecular weight is 411 g/mol. The van der Waals surface area contributed by atoms with Gasteiger partial charge in [0.15, 0.2) is 0 Å². The van der Waals surface area contributed by atoms with Gasteiger partial charge in [-0.05, 0) is 42.0 Å². The average Bonchev–Trinajstić information content (AvgIpc) is 3.19. The van der Waals surface area contributed by atoms with E-state index in [-0.39, 0.29) is 11.3 Å². The van der Waals surface area contributed by atoms with Crippen LogP contribution in [0.4, 0.5) is 4.39 Å². The molecule has 3 heterocycles. The first-order chi connectivity index (χ1) is 15.0. The smallest absolute Gasteiger partial charge is 0.241 e. The number of nitrogens with one attached hydrogen (secondary N) is 1. The number of halogens is 1. The normalized spacial score (nSPS) is 11.0. The van der Waals surface area contributed by atoms with Gasteiger partial charge in [-0.25, -0.2) is 9.37 Å². The third-order valence-corrected chi connectivity index (χ3v) is 4.66. The number of H-pyrrole nitrogens is 1. The van der Waals surface area contributed by atoms with Crippen molar-refractivity contribution in [3.63, 3.8) is 0 Å². The Morgan fingerprint density at radius 3 is 2.61 bits per heavy atom. The van der Waals surface area contributed by atoms with Crippen molar-refractivity contribution >= 4 is 28.8 Å². The van der Waals surface area contributed by atoms with Crippen LogP contribution in [-0.4, -0.2) is 26.6 Å². The van der Waals surface area contributed by atoms with Gasteiger partial charge in [-0.15, -0.1) is 0 Å². The lowest BCUT2D eigenvalue weighted by Gasteiger charge is -2.06. The van der Waals surface area contributed by atoms with Crippen LogP contribution >= 0.6 is 0 Å². The van der Waals surface area contributed by atoms with E-state index in [1.165, 1.54) is 36.5 Å².